The van der Waals surface area contributed by atoms with E-state index in [9.17, 15) is 14.4 Å². The van der Waals surface area contributed by atoms with Crippen molar-refractivity contribution in [1.29, 1.82) is 0 Å². The number of carbonyl (C=O) groups is 3. The van der Waals surface area contributed by atoms with Crippen LogP contribution < -0.4 is 10.6 Å². The number of urea groups is 1. The number of nitrogens with zero attached hydrogens (tertiary/aromatic N) is 2. The third-order valence-corrected chi connectivity index (χ3v) is 6.16. The fourth-order valence-electron chi connectivity index (χ4n) is 3.90. The van der Waals surface area contributed by atoms with Crippen molar-refractivity contribution in [3.63, 3.8) is 0 Å². The Morgan fingerprint density at radius 3 is 2.30 bits per heavy atom. The van der Waals surface area contributed by atoms with Crippen molar-refractivity contribution < 1.29 is 14.4 Å². The monoisotopic (exact) mass is 470 g/mol. The molecule has 0 saturated carbocycles. The molecule has 1 aliphatic rings. The van der Waals surface area contributed by atoms with Gasteiger partial charge in [-0.3, -0.25) is 9.59 Å². The first-order chi connectivity index (χ1) is 15.7. The molecule has 2 aromatic carbocycles. The summed E-state index contributed by atoms with van der Waals surface area (Å²) in [7, 11) is 0. The molecule has 0 aliphatic carbocycles. The lowest BCUT2D eigenvalue weighted by Crippen LogP contribution is -2.60. The van der Waals surface area contributed by atoms with Crippen LogP contribution in [-0.2, 0) is 4.79 Å². The summed E-state index contributed by atoms with van der Waals surface area (Å²) >= 11 is 6.20. The van der Waals surface area contributed by atoms with E-state index in [0.29, 0.717) is 35.9 Å². The quantitative estimate of drug-likeness (QED) is 0.688. The van der Waals surface area contributed by atoms with Gasteiger partial charge in [-0.05, 0) is 44.0 Å². The molecule has 0 spiro atoms. The molecule has 1 saturated heterocycles. The number of aryl methyl sites for hydroxylation is 1. The van der Waals surface area contributed by atoms with Crippen LogP contribution in [0.15, 0.2) is 48.5 Å². The van der Waals surface area contributed by atoms with Crippen LogP contribution in [0, 0.1) is 12.8 Å². The highest BCUT2D eigenvalue weighted by molar-refractivity contribution is 6.33. The van der Waals surface area contributed by atoms with E-state index in [4.69, 9.17) is 11.6 Å². The number of hydrogen-bond donors (Lipinski definition) is 2. The van der Waals surface area contributed by atoms with E-state index >= 15 is 0 Å². The summed E-state index contributed by atoms with van der Waals surface area (Å²) in [4.78, 5) is 42.2. The molecule has 2 N–H and O–H groups in total. The summed E-state index contributed by atoms with van der Waals surface area (Å²) in [5, 5.41) is 6.01. The fourth-order valence-corrected chi connectivity index (χ4v) is 4.12. The smallest absolute Gasteiger partial charge is 0.319 e. The van der Waals surface area contributed by atoms with Crippen LogP contribution in [0.4, 0.5) is 10.5 Å². The number of benzene rings is 2. The molecular weight excluding hydrogens is 440 g/mol. The van der Waals surface area contributed by atoms with Crippen molar-refractivity contribution >= 4 is 35.1 Å². The molecule has 1 fully saturated rings. The molecule has 1 heterocycles. The molecule has 8 heteroatoms. The van der Waals surface area contributed by atoms with Crippen molar-refractivity contribution in [2.24, 2.45) is 5.92 Å². The molecule has 2 atom stereocenters. The zero-order valence-electron chi connectivity index (χ0n) is 19.5. The Balaban J connectivity index is 1.62. The highest BCUT2D eigenvalue weighted by atomic mass is 35.5. The van der Waals surface area contributed by atoms with Crippen molar-refractivity contribution in [3.8, 4) is 0 Å². The molecule has 2 unspecified atom stereocenters. The van der Waals surface area contributed by atoms with Crippen LogP contribution in [-0.4, -0.2) is 59.4 Å². The van der Waals surface area contributed by atoms with Crippen LogP contribution in [0.1, 0.15) is 36.7 Å². The first kappa shape index (κ1) is 24.6. The molecule has 33 heavy (non-hydrogen) atoms. The number of nitrogens with one attached hydrogen (secondary N) is 2. The van der Waals surface area contributed by atoms with Crippen LogP contribution in [0.2, 0.25) is 5.02 Å². The van der Waals surface area contributed by atoms with Crippen LogP contribution in [0.25, 0.3) is 0 Å². The second-order valence-corrected chi connectivity index (χ2v) is 9.21. The van der Waals surface area contributed by atoms with Gasteiger partial charge < -0.3 is 20.4 Å². The highest BCUT2D eigenvalue weighted by Crippen LogP contribution is 2.21. The molecule has 2 aromatic rings. The van der Waals surface area contributed by atoms with Crippen LogP contribution in [0.5, 0.6) is 0 Å². The van der Waals surface area contributed by atoms with Gasteiger partial charge in [-0.2, -0.15) is 0 Å². The molecule has 1 aliphatic heterocycles. The Labute approximate surface area is 200 Å². The molecule has 176 valence electrons. The number of piperazine rings is 1. The zero-order chi connectivity index (χ0) is 24.1. The number of carbonyl (C=O) groups excluding carboxylic acids is 3. The maximum absolute atomic E-state index is 13.3. The van der Waals surface area contributed by atoms with Crippen LogP contribution >= 0.6 is 11.6 Å². The topological polar surface area (TPSA) is 81.8 Å². The lowest BCUT2D eigenvalue weighted by molar-refractivity contribution is -0.136. The standard InChI is InChI=1S/C25H31ClN4O3/c1-16(2)22(28-25(33)27-19-11-9-17(3)10-12-19)24(32)29-13-14-30(18(4)15-29)23(31)20-7-5-6-8-21(20)26/h5-12,16,18,22H,13-15H2,1-4H3,(H2,27,28,33). The molecule has 3 rings (SSSR count). The minimum atomic E-state index is -0.673. The second-order valence-electron chi connectivity index (χ2n) is 8.80. The second kappa shape index (κ2) is 10.7. The number of anilines is 1. The number of halogens is 1. The summed E-state index contributed by atoms with van der Waals surface area (Å²) in [5.41, 5.74) is 2.21. The van der Waals surface area contributed by atoms with Gasteiger partial charge in [0, 0.05) is 31.4 Å². The highest BCUT2D eigenvalue weighted by Gasteiger charge is 2.35. The van der Waals surface area contributed by atoms with Crippen molar-refractivity contribution in [1.82, 2.24) is 15.1 Å². The Hall–Kier alpha value is -3.06. The van der Waals surface area contributed by atoms with Crippen molar-refractivity contribution in [3.05, 3.63) is 64.7 Å². The largest absolute Gasteiger partial charge is 0.337 e. The van der Waals surface area contributed by atoms with Gasteiger partial charge in [0.1, 0.15) is 6.04 Å². The molecule has 7 nitrogen and oxygen atoms in total. The maximum atomic E-state index is 13.3. The SMILES string of the molecule is Cc1ccc(NC(=O)NC(C(=O)N2CCN(C(=O)c3ccccc3Cl)C(C)C2)C(C)C)cc1. The zero-order valence-corrected chi connectivity index (χ0v) is 20.2. The Kier molecular flexibility index (Phi) is 7.97. The minimum absolute atomic E-state index is 0.0978. The van der Waals surface area contributed by atoms with Gasteiger partial charge in [-0.15, -0.1) is 0 Å². The normalized spacial score (nSPS) is 17.0. The summed E-state index contributed by atoms with van der Waals surface area (Å²) < 4.78 is 0. The first-order valence-corrected chi connectivity index (χ1v) is 11.5. The number of amides is 4. The van der Waals surface area contributed by atoms with E-state index in [1.54, 1.807) is 34.1 Å². The van der Waals surface area contributed by atoms with Crippen LogP contribution in [0.3, 0.4) is 0 Å². The van der Waals surface area contributed by atoms with E-state index < -0.39 is 12.1 Å². The predicted molar refractivity (Wildman–Crippen MR) is 130 cm³/mol. The van der Waals surface area contributed by atoms with E-state index in [1.807, 2.05) is 52.0 Å². The van der Waals surface area contributed by atoms with E-state index in [2.05, 4.69) is 10.6 Å². The molecule has 0 aromatic heterocycles. The van der Waals surface area contributed by atoms with Gasteiger partial charge in [-0.25, -0.2) is 4.79 Å². The van der Waals surface area contributed by atoms with E-state index in [-0.39, 0.29) is 23.8 Å². The summed E-state index contributed by atoms with van der Waals surface area (Å²) in [6, 6.07) is 13.1. The predicted octanol–water partition coefficient (Wildman–Crippen LogP) is 4.17. The first-order valence-electron chi connectivity index (χ1n) is 11.2. The third-order valence-electron chi connectivity index (χ3n) is 5.83. The van der Waals surface area contributed by atoms with Gasteiger partial charge in [0.2, 0.25) is 5.91 Å². The lowest BCUT2D eigenvalue weighted by atomic mass is 10.0. The van der Waals surface area contributed by atoms with Gasteiger partial charge in [0.05, 0.1) is 10.6 Å². The van der Waals surface area contributed by atoms with Crippen molar-refractivity contribution in [2.45, 2.75) is 39.8 Å². The third kappa shape index (κ3) is 6.05. The maximum Gasteiger partial charge on any atom is 0.319 e. The molecular formula is C25H31ClN4O3. The van der Waals surface area contributed by atoms with Gasteiger partial charge >= 0.3 is 6.03 Å². The number of hydrogen-bond acceptors (Lipinski definition) is 3. The Bertz CT molecular complexity index is 1010. The van der Waals surface area contributed by atoms with Gasteiger partial charge in [0.15, 0.2) is 0 Å². The average molecular weight is 471 g/mol. The van der Waals surface area contributed by atoms with Gasteiger partial charge in [-0.1, -0.05) is 55.3 Å². The summed E-state index contributed by atoms with van der Waals surface area (Å²) in [6.45, 7) is 8.86. The van der Waals surface area contributed by atoms with Crippen molar-refractivity contribution in [2.75, 3.05) is 25.0 Å². The minimum Gasteiger partial charge on any atom is -0.337 e. The fraction of sp³-hybridized carbons (Fsp3) is 0.400. The van der Waals surface area contributed by atoms with E-state index in [1.165, 1.54) is 0 Å². The van der Waals surface area contributed by atoms with Gasteiger partial charge in [0.25, 0.3) is 5.91 Å². The average Bonchev–Trinajstić information content (AvgIpc) is 2.78. The molecule has 4 amide bonds. The summed E-state index contributed by atoms with van der Waals surface area (Å²) in [6.07, 6.45) is 0. The lowest BCUT2D eigenvalue weighted by Gasteiger charge is -2.41. The molecule has 0 radical (unpaired) electrons. The Morgan fingerprint density at radius 1 is 1.03 bits per heavy atom. The summed E-state index contributed by atoms with van der Waals surface area (Å²) in [5.74, 6) is -0.392. The molecule has 0 bridgehead atoms. The number of rotatable bonds is 5. The Morgan fingerprint density at radius 2 is 1.70 bits per heavy atom. The van der Waals surface area contributed by atoms with E-state index in [0.717, 1.165) is 5.56 Å².